The largest absolute Gasteiger partial charge is 0.385 e. The highest BCUT2D eigenvalue weighted by Crippen LogP contribution is 2.14. The number of ether oxygens (including phenoxy) is 3. The molecule has 0 atom stereocenters. The predicted molar refractivity (Wildman–Crippen MR) is 98.7 cm³/mol. The Kier molecular flexibility index (Phi) is 11.9. The number of nitrogens with zero attached hydrogens (tertiary/aromatic N) is 2. The third-order valence-corrected chi connectivity index (χ3v) is 4.00. The van der Waals surface area contributed by atoms with Gasteiger partial charge < -0.3 is 24.4 Å². The van der Waals surface area contributed by atoms with Gasteiger partial charge in [-0.05, 0) is 31.6 Å². The van der Waals surface area contributed by atoms with Crippen molar-refractivity contribution < 1.29 is 14.2 Å². The van der Waals surface area contributed by atoms with Crippen LogP contribution in [0.1, 0.15) is 39.5 Å². The lowest BCUT2D eigenvalue weighted by atomic mass is 10.1. The molecule has 0 saturated carbocycles. The fourth-order valence-corrected chi connectivity index (χ4v) is 2.71. The fourth-order valence-electron chi connectivity index (χ4n) is 2.71. The molecule has 1 fully saturated rings. The van der Waals surface area contributed by atoms with Crippen LogP contribution >= 0.6 is 0 Å². The van der Waals surface area contributed by atoms with Crippen LogP contribution in [0, 0.1) is 5.92 Å². The number of hydrogen-bond donors (Lipinski definition) is 1. The normalized spacial score (nSPS) is 16.9. The van der Waals surface area contributed by atoms with Crippen molar-refractivity contribution in [2.75, 3.05) is 60.2 Å². The van der Waals surface area contributed by atoms with Gasteiger partial charge >= 0.3 is 0 Å². The lowest BCUT2D eigenvalue weighted by Gasteiger charge is -2.34. The van der Waals surface area contributed by atoms with Crippen LogP contribution in [-0.2, 0) is 14.2 Å². The molecule has 1 saturated heterocycles. The van der Waals surface area contributed by atoms with E-state index in [0.717, 1.165) is 77.7 Å². The van der Waals surface area contributed by atoms with Crippen LogP contribution < -0.4 is 5.32 Å². The highest BCUT2D eigenvalue weighted by atomic mass is 16.5. The van der Waals surface area contributed by atoms with E-state index in [-0.39, 0.29) is 0 Å². The van der Waals surface area contributed by atoms with Crippen LogP contribution in [0.3, 0.4) is 0 Å². The first-order valence-electron chi connectivity index (χ1n) is 9.31. The summed E-state index contributed by atoms with van der Waals surface area (Å²) in [5.41, 5.74) is 0. The summed E-state index contributed by atoms with van der Waals surface area (Å²) in [6.45, 7) is 10.5. The highest BCUT2D eigenvalue weighted by Gasteiger charge is 2.21. The summed E-state index contributed by atoms with van der Waals surface area (Å²) in [7, 11) is 3.58. The molecule has 0 amide bonds. The summed E-state index contributed by atoms with van der Waals surface area (Å²) >= 11 is 0. The molecule has 0 spiro atoms. The second-order valence-corrected chi connectivity index (χ2v) is 6.70. The molecular weight excluding hydrogens is 306 g/mol. The molecule has 6 nitrogen and oxygen atoms in total. The lowest BCUT2D eigenvalue weighted by Crippen LogP contribution is -2.47. The van der Waals surface area contributed by atoms with Crippen LogP contribution in [0.25, 0.3) is 0 Å². The molecule has 0 aromatic carbocycles. The Morgan fingerprint density at radius 3 is 2.54 bits per heavy atom. The number of piperidine rings is 1. The van der Waals surface area contributed by atoms with Gasteiger partial charge in [0.05, 0.1) is 6.10 Å². The quantitative estimate of drug-likeness (QED) is 0.354. The SMILES string of the molecule is CN=C(NCCCOCC(C)C)N1CCC(OCCCOC)CC1. The van der Waals surface area contributed by atoms with Crippen molar-refractivity contribution in [3.05, 3.63) is 0 Å². The lowest BCUT2D eigenvalue weighted by molar-refractivity contribution is 0.00989. The Balaban J connectivity index is 2.12. The maximum Gasteiger partial charge on any atom is 0.193 e. The van der Waals surface area contributed by atoms with Gasteiger partial charge in [-0.3, -0.25) is 4.99 Å². The smallest absolute Gasteiger partial charge is 0.193 e. The van der Waals surface area contributed by atoms with Gasteiger partial charge in [-0.25, -0.2) is 0 Å². The van der Waals surface area contributed by atoms with Crippen LogP contribution in [0.4, 0.5) is 0 Å². The summed E-state index contributed by atoms with van der Waals surface area (Å²) in [6.07, 6.45) is 4.47. The molecule has 24 heavy (non-hydrogen) atoms. The van der Waals surface area contributed by atoms with Gasteiger partial charge in [0.2, 0.25) is 0 Å². The van der Waals surface area contributed by atoms with E-state index in [4.69, 9.17) is 14.2 Å². The Hall–Kier alpha value is -0.850. The zero-order valence-corrected chi connectivity index (χ0v) is 16.1. The Morgan fingerprint density at radius 1 is 1.17 bits per heavy atom. The van der Waals surface area contributed by atoms with Crippen LogP contribution in [-0.4, -0.2) is 77.2 Å². The number of rotatable bonds is 11. The van der Waals surface area contributed by atoms with E-state index in [9.17, 15) is 0 Å². The van der Waals surface area contributed by atoms with E-state index >= 15 is 0 Å². The van der Waals surface area contributed by atoms with Gasteiger partial charge in [-0.1, -0.05) is 13.8 Å². The molecule has 0 unspecified atom stereocenters. The zero-order chi connectivity index (χ0) is 17.6. The average molecular weight is 344 g/mol. The van der Waals surface area contributed by atoms with Crippen molar-refractivity contribution in [1.82, 2.24) is 10.2 Å². The second kappa shape index (κ2) is 13.4. The first-order chi connectivity index (χ1) is 11.7. The predicted octanol–water partition coefficient (Wildman–Crippen LogP) is 2.14. The van der Waals surface area contributed by atoms with Crippen LogP contribution in [0.5, 0.6) is 0 Å². The molecule has 0 aromatic rings. The number of likely N-dealkylation sites (tertiary alicyclic amines) is 1. The van der Waals surface area contributed by atoms with Crippen molar-refractivity contribution in [2.45, 2.75) is 45.6 Å². The highest BCUT2D eigenvalue weighted by molar-refractivity contribution is 5.79. The number of nitrogens with one attached hydrogen (secondary N) is 1. The van der Waals surface area contributed by atoms with Gasteiger partial charge in [0, 0.05) is 60.2 Å². The molecule has 0 aromatic heterocycles. The van der Waals surface area contributed by atoms with Gasteiger partial charge in [-0.15, -0.1) is 0 Å². The van der Waals surface area contributed by atoms with Crippen LogP contribution in [0.2, 0.25) is 0 Å². The van der Waals surface area contributed by atoms with Crippen molar-refractivity contribution in [3.8, 4) is 0 Å². The van der Waals surface area contributed by atoms with E-state index in [2.05, 4.69) is 29.1 Å². The van der Waals surface area contributed by atoms with E-state index in [1.807, 2.05) is 7.05 Å². The van der Waals surface area contributed by atoms with Crippen molar-refractivity contribution >= 4 is 5.96 Å². The van der Waals surface area contributed by atoms with Crippen molar-refractivity contribution in [3.63, 3.8) is 0 Å². The third-order valence-electron chi connectivity index (χ3n) is 4.00. The first-order valence-corrected chi connectivity index (χ1v) is 9.31. The van der Waals surface area contributed by atoms with Gasteiger partial charge in [0.15, 0.2) is 5.96 Å². The summed E-state index contributed by atoms with van der Waals surface area (Å²) < 4.78 is 16.6. The van der Waals surface area contributed by atoms with Gasteiger partial charge in [0.1, 0.15) is 0 Å². The van der Waals surface area contributed by atoms with Gasteiger partial charge in [0.25, 0.3) is 0 Å². The Labute approximate surface area is 147 Å². The Bertz CT molecular complexity index is 329. The maximum atomic E-state index is 5.91. The third kappa shape index (κ3) is 9.45. The van der Waals surface area contributed by atoms with Crippen molar-refractivity contribution in [2.24, 2.45) is 10.9 Å². The molecule has 1 aliphatic rings. The minimum absolute atomic E-state index is 0.376. The standard InChI is InChI=1S/C18H37N3O3/c1-16(2)15-23-13-5-9-20-18(19-3)21-10-7-17(8-11-21)24-14-6-12-22-4/h16-17H,5-15H2,1-4H3,(H,19,20). The molecule has 1 heterocycles. The Morgan fingerprint density at radius 2 is 1.92 bits per heavy atom. The summed E-state index contributed by atoms with van der Waals surface area (Å²) in [4.78, 5) is 6.73. The van der Waals surface area contributed by atoms with E-state index in [1.165, 1.54) is 0 Å². The molecule has 1 rings (SSSR count). The molecular formula is C18H37N3O3. The van der Waals surface area contributed by atoms with Crippen molar-refractivity contribution in [1.29, 1.82) is 0 Å². The maximum absolute atomic E-state index is 5.91. The minimum Gasteiger partial charge on any atom is -0.385 e. The van der Waals surface area contributed by atoms with Gasteiger partial charge in [-0.2, -0.15) is 0 Å². The number of aliphatic imine (C=N–C) groups is 1. The molecule has 142 valence electrons. The molecule has 1 N–H and O–H groups in total. The molecule has 0 radical (unpaired) electrons. The first kappa shape index (κ1) is 21.2. The molecule has 1 aliphatic heterocycles. The zero-order valence-electron chi connectivity index (χ0n) is 16.1. The van der Waals surface area contributed by atoms with Crippen LogP contribution in [0.15, 0.2) is 4.99 Å². The van der Waals surface area contributed by atoms with E-state index in [1.54, 1.807) is 7.11 Å². The number of guanidine groups is 1. The average Bonchev–Trinajstić information content (AvgIpc) is 2.59. The topological polar surface area (TPSA) is 55.3 Å². The number of hydrogen-bond acceptors (Lipinski definition) is 4. The molecule has 0 bridgehead atoms. The second-order valence-electron chi connectivity index (χ2n) is 6.70. The van der Waals surface area contributed by atoms with E-state index in [0.29, 0.717) is 12.0 Å². The molecule has 6 heteroatoms. The summed E-state index contributed by atoms with van der Waals surface area (Å²) in [5, 5.41) is 3.44. The summed E-state index contributed by atoms with van der Waals surface area (Å²) in [6, 6.07) is 0. The minimum atomic E-state index is 0.376. The monoisotopic (exact) mass is 343 g/mol. The number of methoxy groups -OCH3 is 1. The molecule has 0 aliphatic carbocycles. The van der Waals surface area contributed by atoms with E-state index < -0.39 is 0 Å². The fraction of sp³-hybridized carbons (Fsp3) is 0.944. The summed E-state index contributed by atoms with van der Waals surface area (Å²) in [5.74, 6) is 1.60.